The van der Waals surface area contributed by atoms with Crippen LogP contribution in [0.2, 0.25) is 0 Å². The molecule has 1 aliphatic heterocycles. The van der Waals surface area contributed by atoms with Crippen molar-refractivity contribution in [3.8, 4) is 39.8 Å². The number of halogens is 3. The van der Waals surface area contributed by atoms with E-state index < -0.39 is 11.5 Å². The molecule has 0 radical (unpaired) electrons. The van der Waals surface area contributed by atoms with Gasteiger partial charge < -0.3 is 24.1 Å². The standard InChI is InChI=1S/C33H25ClF2N8O4/c1-17-15-47-16-28-41-27-9-18(31(45)40-21-3-5-22(6-4-21)48-33(34,35)36)7-24(30(27)44(17)28)19-8-25-26(37-11-19)10-20-14-43(42-29(20)25)32-38-12-23(46-2)13-39-32/h3-9,11-14,17H,10,15-16H2,1-2H3,(H,40,45)/t17-/m1/s1. The van der Waals surface area contributed by atoms with Gasteiger partial charge in [-0.15, -0.1) is 8.78 Å². The Balaban J connectivity index is 1.18. The Morgan fingerprint density at radius 2 is 1.85 bits per heavy atom. The summed E-state index contributed by atoms with van der Waals surface area (Å²) in [7, 11) is 1.55. The first-order valence-corrected chi connectivity index (χ1v) is 15.3. The lowest BCUT2D eigenvalue weighted by Crippen LogP contribution is -2.21. The van der Waals surface area contributed by atoms with Crippen LogP contribution in [0.5, 0.6) is 11.5 Å². The van der Waals surface area contributed by atoms with Gasteiger partial charge in [0.1, 0.15) is 18.2 Å². The number of benzene rings is 2. The predicted molar refractivity (Wildman–Crippen MR) is 171 cm³/mol. The number of carbonyl (C=O) groups excluding carboxylic acids is 1. The number of hydrogen-bond acceptors (Lipinski definition) is 9. The maximum Gasteiger partial charge on any atom is 0.487 e. The van der Waals surface area contributed by atoms with Crippen LogP contribution in [0.15, 0.2) is 67.3 Å². The molecule has 242 valence electrons. The number of methoxy groups -OCH3 is 1. The number of amides is 1. The van der Waals surface area contributed by atoms with Crippen LogP contribution in [0.25, 0.3) is 39.4 Å². The zero-order valence-corrected chi connectivity index (χ0v) is 26.2. The van der Waals surface area contributed by atoms with Crippen molar-refractivity contribution in [1.82, 2.24) is 34.3 Å². The number of nitrogens with zero attached hydrogens (tertiary/aromatic N) is 7. The smallest absolute Gasteiger partial charge is 0.487 e. The molecule has 0 unspecified atom stereocenters. The molecule has 1 N–H and O–H groups in total. The summed E-state index contributed by atoms with van der Waals surface area (Å²) in [6, 6.07) is 11.1. The van der Waals surface area contributed by atoms with E-state index in [0.29, 0.717) is 48.1 Å². The van der Waals surface area contributed by atoms with Gasteiger partial charge in [-0.1, -0.05) is 0 Å². The average Bonchev–Trinajstić information content (AvgIpc) is 3.76. The van der Waals surface area contributed by atoms with Crippen LogP contribution in [-0.2, 0) is 17.8 Å². The Bertz CT molecular complexity index is 2210. The largest absolute Gasteiger partial charge is 0.494 e. The molecule has 1 aliphatic carbocycles. The van der Waals surface area contributed by atoms with Gasteiger partial charge >= 0.3 is 5.57 Å². The average molecular weight is 671 g/mol. The van der Waals surface area contributed by atoms with Gasteiger partial charge in [0.2, 0.25) is 0 Å². The Morgan fingerprint density at radius 1 is 1.06 bits per heavy atom. The summed E-state index contributed by atoms with van der Waals surface area (Å²) in [5, 5.41) is 7.62. The van der Waals surface area contributed by atoms with E-state index in [1.165, 1.54) is 24.3 Å². The molecule has 0 bridgehead atoms. The highest BCUT2D eigenvalue weighted by molar-refractivity contribution is 6.20. The highest BCUT2D eigenvalue weighted by Crippen LogP contribution is 2.40. The minimum atomic E-state index is -3.85. The number of fused-ring (bicyclic) bond motifs is 6. The first-order valence-electron chi connectivity index (χ1n) is 14.9. The molecule has 6 aromatic rings. The van der Waals surface area contributed by atoms with Crippen molar-refractivity contribution in [3.63, 3.8) is 0 Å². The molecule has 0 spiro atoms. The van der Waals surface area contributed by atoms with Gasteiger partial charge in [-0.25, -0.2) is 19.6 Å². The molecule has 12 nitrogen and oxygen atoms in total. The third kappa shape index (κ3) is 5.38. The third-order valence-electron chi connectivity index (χ3n) is 8.24. The molecule has 0 saturated carbocycles. The van der Waals surface area contributed by atoms with E-state index in [-0.39, 0.29) is 11.8 Å². The lowest BCUT2D eigenvalue weighted by Gasteiger charge is -2.23. The highest BCUT2D eigenvalue weighted by atomic mass is 35.5. The molecule has 2 aromatic carbocycles. The minimum absolute atomic E-state index is 0.00691. The summed E-state index contributed by atoms with van der Waals surface area (Å²) in [6.07, 6.45) is 7.47. The van der Waals surface area contributed by atoms with Crippen molar-refractivity contribution in [2.75, 3.05) is 19.0 Å². The van der Waals surface area contributed by atoms with Gasteiger partial charge in [-0.3, -0.25) is 9.78 Å². The number of ether oxygens (including phenoxy) is 3. The van der Waals surface area contributed by atoms with Crippen LogP contribution in [-0.4, -0.2) is 59.5 Å². The fourth-order valence-electron chi connectivity index (χ4n) is 6.11. The zero-order chi connectivity index (χ0) is 33.2. The van der Waals surface area contributed by atoms with E-state index >= 15 is 0 Å². The maximum atomic E-state index is 13.6. The van der Waals surface area contributed by atoms with Crippen molar-refractivity contribution in [2.24, 2.45) is 0 Å². The quantitative estimate of drug-likeness (QED) is 0.198. The van der Waals surface area contributed by atoms with E-state index in [1.807, 2.05) is 18.3 Å². The van der Waals surface area contributed by atoms with Crippen molar-refractivity contribution in [2.45, 2.75) is 31.6 Å². The zero-order valence-electron chi connectivity index (χ0n) is 25.4. The molecule has 5 heterocycles. The van der Waals surface area contributed by atoms with Gasteiger partial charge in [0.15, 0.2) is 5.75 Å². The number of aromatic nitrogens is 7. The van der Waals surface area contributed by atoms with Crippen LogP contribution in [0.4, 0.5) is 14.5 Å². The lowest BCUT2D eigenvalue weighted by molar-refractivity contribution is -0.0964. The Morgan fingerprint density at radius 3 is 2.60 bits per heavy atom. The van der Waals surface area contributed by atoms with Crippen LogP contribution in [0.3, 0.4) is 0 Å². The summed E-state index contributed by atoms with van der Waals surface area (Å²) in [5.74, 6) is 1.15. The predicted octanol–water partition coefficient (Wildman–Crippen LogP) is 6.17. The molecule has 15 heteroatoms. The van der Waals surface area contributed by atoms with Crippen LogP contribution >= 0.6 is 11.6 Å². The Labute approximate surface area is 276 Å². The first kappa shape index (κ1) is 29.9. The third-order valence-corrected chi connectivity index (χ3v) is 8.31. The number of pyridine rings is 1. The summed E-state index contributed by atoms with van der Waals surface area (Å²) < 4.78 is 45.2. The van der Waals surface area contributed by atoms with Crippen LogP contribution in [0, 0.1) is 0 Å². The molecular formula is C33H25ClF2N8O4. The second kappa shape index (κ2) is 11.3. The summed E-state index contributed by atoms with van der Waals surface area (Å²) in [4.78, 5) is 32.0. The van der Waals surface area contributed by atoms with Crippen LogP contribution < -0.4 is 14.8 Å². The minimum Gasteiger partial charge on any atom is -0.494 e. The number of anilines is 1. The number of imidazole rings is 1. The Hall–Kier alpha value is -5.47. The van der Waals surface area contributed by atoms with Crippen molar-refractivity contribution < 1.29 is 27.8 Å². The fourth-order valence-corrected chi connectivity index (χ4v) is 6.20. The highest BCUT2D eigenvalue weighted by Gasteiger charge is 2.29. The summed E-state index contributed by atoms with van der Waals surface area (Å²) >= 11 is 4.86. The first-order chi connectivity index (χ1) is 23.1. The molecule has 48 heavy (non-hydrogen) atoms. The summed E-state index contributed by atoms with van der Waals surface area (Å²) in [5.41, 5.74) is 3.43. The van der Waals surface area contributed by atoms with E-state index in [2.05, 4.69) is 31.5 Å². The molecule has 1 atom stereocenters. The SMILES string of the molecule is COc1cnc(-n2cc3c(n2)-c2cc(-c4cc(C(=O)Nc5ccc(OC(F)(F)Cl)cc5)cc5nc6n(c45)[C@H](C)COC6)cnc2C3)nc1. The number of nitrogens with one attached hydrogen (secondary N) is 1. The maximum absolute atomic E-state index is 13.6. The van der Waals surface area contributed by atoms with Gasteiger partial charge in [0, 0.05) is 63.9 Å². The number of carbonyl (C=O) groups is 1. The van der Waals surface area contributed by atoms with Crippen LogP contribution in [0.1, 0.15) is 40.4 Å². The van der Waals surface area contributed by atoms with Crippen molar-refractivity contribution >= 4 is 34.2 Å². The van der Waals surface area contributed by atoms with Gasteiger partial charge in [0.25, 0.3) is 11.9 Å². The lowest BCUT2D eigenvalue weighted by atomic mass is 9.99. The topological polar surface area (TPSA) is 131 Å². The molecule has 0 saturated heterocycles. The monoisotopic (exact) mass is 670 g/mol. The number of alkyl halides is 3. The van der Waals surface area contributed by atoms with E-state index in [9.17, 15) is 13.6 Å². The van der Waals surface area contributed by atoms with E-state index in [4.69, 9.17) is 36.1 Å². The molecule has 8 rings (SSSR count). The van der Waals surface area contributed by atoms with Gasteiger partial charge in [0.05, 0.1) is 54.6 Å². The molecule has 2 aliphatic rings. The number of hydrogen-bond donors (Lipinski definition) is 1. The van der Waals surface area contributed by atoms with Gasteiger partial charge in [-0.05, 0) is 49.4 Å². The van der Waals surface area contributed by atoms with E-state index in [1.54, 1.807) is 36.4 Å². The van der Waals surface area contributed by atoms with Crippen molar-refractivity contribution in [1.29, 1.82) is 0 Å². The molecule has 1 amide bonds. The molecule has 4 aromatic heterocycles. The Kier molecular flexibility index (Phi) is 7.07. The second-order valence-corrected chi connectivity index (χ2v) is 11.9. The van der Waals surface area contributed by atoms with Gasteiger partial charge in [-0.2, -0.15) is 5.10 Å². The van der Waals surface area contributed by atoms with E-state index in [0.717, 1.165) is 45.0 Å². The van der Waals surface area contributed by atoms with Crippen molar-refractivity contribution in [3.05, 3.63) is 89.9 Å². The normalized spacial score (nSPS) is 15.1. The number of rotatable bonds is 7. The second-order valence-electron chi connectivity index (χ2n) is 11.4. The summed E-state index contributed by atoms with van der Waals surface area (Å²) in [6.45, 7) is 2.92. The molecule has 0 fully saturated rings. The fraction of sp³-hybridized carbons (Fsp3) is 0.212. The molecular weight excluding hydrogens is 646 g/mol.